The zero-order chi connectivity index (χ0) is 18.2. The fourth-order valence-electron chi connectivity index (χ4n) is 3.17. The Morgan fingerprint density at radius 2 is 1.68 bits per heavy atom. The molecule has 25 heavy (non-hydrogen) atoms. The SMILES string of the molecule is COc1cc(C[C@H]2[C@@H](O)c3ccccc3S(=O)(=O)N2C)cc(OC)c1. The van der Waals surface area contributed by atoms with E-state index in [0.29, 0.717) is 23.5 Å². The summed E-state index contributed by atoms with van der Waals surface area (Å²) in [5, 5.41) is 10.8. The molecule has 1 aliphatic heterocycles. The molecule has 0 saturated heterocycles. The molecule has 0 spiro atoms. The van der Waals surface area contributed by atoms with E-state index in [-0.39, 0.29) is 4.90 Å². The number of sulfonamides is 1. The number of hydrogen-bond acceptors (Lipinski definition) is 5. The first kappa shape index (κ1) is 17.7. The van der Waals surface area contributed by atoms with E-state index in [1.165, 1.54) is 17.4 Å². The lowest BCUT2D eigenvalue weighted by Crippen LogP contribution is -2.46. The second kappa shape index (κ2) is 6.67. The van der Waals surface area contributed by atoms with Crippen LogP contribution in [-0.2, 0) is 16.4 Å². The monoisotopic (exact) mass is 363 g/mol. The maximum Gasteiger partial charge on any atom is 0.243 e. The third kappa shape index (κ3) is 3.10. The van der Waals surface area contributed by atoms with Gasteiger partial charge in [-0.15, -0.1) is 0 Å². The quantitative estimate of drug-likeness (QED) is 0.899. The predicted octanol–water partition coefficient (Wildman–Crippen LogP) is 1.98. The van der Waals surface area contributed by atoms with Gasteiger partial charge in [-0.25, -0.2) is 8.42 Å². The molecule has 0 fully saturated rings. The first-order valence-electron chi connectivity index (χ1n) is 7.85. The van der Waals surface area contributed by atoms with Crippen molar-refractivity contribution in [1.29, 1.82) is 0 Å². The van der Waals surface area contributed by atoms with E-state index in [2.05, 4.69) is 0 Å². The molecule has 0 bridgehead atoms. The largest absolute Gasteiger partial charge is 0.497 e. The molecule has 0 radical (unpaired) electrons. The van der Waals surface area contributed by atoms with Gasteiger partial charge in [0.2, 0.25) is 10.0 Å². The zero-order valence-electron chi connectivity index (χ0n) is 14.3. The fraction of sp³-hybridized carbons (Fsp3) is 0.333. The molecule has 3 rings (SSSR count). The highest BCUT2D eigenvalue weighted by molar-refractivity contribution is 7.89. The van der Waals surface area contributed by atoms with Crippen LogP contribution in [0.5, 0.6) is 11.5 Å². The molecule has 134 valence electrons. The molecule has 2 aromatic rings. The van der Waals surface area contributed by atoms with E-state index in [1.807, 2.05) is 12.1 Å². The molecule has 2 atom stereocenters. The smallest absolute Gasteiger partial charge is 0.243 e. The summed E-state index contributed by atoms with van der Waals surface area (Å²) in [5.41, 5.74) is 1.25. The number of rotatable bonds is 4. The van der Waals surface area contributed by atoms with Gasteiger partial charge in [-0.05, 0) is 30.2 Å². The molecule has 1 N–H and O–H groups in total. The van der Waals surface area contributed by atoms with Crippen LogP contribution in [0.4, 0.5) is 0 Å². The third-order valence-corrected chi connectivity index (χ3v) is 6.54. The van der Waals surface area contributed by atoms with Crippen molar-refractivity contribution < 1.29 is 23.0 Å². The molecule has 0 unspecified atom stereocenters. The van der Waals surface area contributed by atoms with E-state index in [4.69, 9.17) is 9.47 Å². The highest BCUT2D eigenvalue weighted by Crippen LogP contribution is 2.37. The normalized spacial score (nSPS) is 22.2. The Morgan fingerprint density at radius 3 is 2.28 bits per heavy atom. The maximum atomic E-state index is 12.8. The van der Waals surface area contributed by atoms with Gasteiger partial charge in [-0.2, -0.15) is 4.31 Å². The van der Waals surface area contributed by atoms with E-state index in [1.54, 1.807) is 38.5 Å². The van der Waals surface area contributed by atoms with Crippen molar-refractivity contribution in [2.24, 2.45) is 0 Å². The lowest BCUT2D eigenvalue weighted by molar-refractivity contribution is 0.0891. The van der Waals surface area contributed by atoms with Crippen molar-refractivity contribution in [2.45, 2.75) is 23.5 Å². The van der Waals surface area contributed by atoms with Gasteiger partial charge in [0.05, 0.1) is 31.3 Å². The summed E-state index contributed by atoms with van der Waals surface area (Å²) in [5.74, 6) is 1.23. The van der Waals surface area contributed by atoms with Gasteiger partial charge in [0.15, 0.2) is 0 Å². The van der Waals surface area contributed by atoms with Crippen molar-refractivity contribution in [1.82, 2.24) is 4.31 Å². The summed E-state index contributed by atoms with van der Waals surface area (Å²) in [6.45, 7) is 0. The number of aliphatic hydroxyl groups excluding tert-OH is 1. The lowest BCUT2D eigenvalue weighted by atomic mass is 9.95. The minimum atomic E-state index is -3.64. The molecule has 0 saturated carbocycles. The molecular formula is C18H21NO5S. The molecule has 0 amide bonds. The zero-order valence-corrected chi connectivity index (χ0v) is 15.2. The minimum Gasteiger partial charge on any atom is -0.497 e. The number of likely N-dealkylation sites (N-methyl/N-ethyl adjacent to an activating group) is 1. The number of ether oxygens (including phenoxy) is 2. The standard InChI is InChI=1S/C18H21NO5S/c1-19-16(10-12-8-13(23-2)11-14(9-12)24-3)18(20)15-6-4-5-7-17(15)25(19,21)22/h4-9,11,16,18,20H,10H2,1-3H3/t16-,18-/m0/s1. The Hall–Kier alpha value is -2.09. The summed E-state index contributed by atoms with van der Waals surface area (Å²) in [6.07, 6.45) is -0.583. The van der Waals surface area contributed by atoms with Gasteiger partial charge in [0.25, 0.3) is 0 Å². The van der Waals surface area contributed by atoms with Crippen LogP contribution in [0.1, 0.15) is 17.2 Å². The minimum absolute atomic E-state index is 0.157. The van der Waals surface area contributed by atoms with Gasteiger partial charge >= 0.3 is 0 Å². The number of fused-ring (bicyclic) bond motifs is 1. The van der Waals surface area contributed by atoms with Crippen LogP contribution in [0.15, 0.2) is 47.4 Å². The van der Waals surface area contributed by atoms with Crippen LogP contribution in [0.3, 0.4) is 0 Å². The number of methoxy groups -OCH3 is 2. The van der Waals surface area contributed by atoms with Crippen LogP contribution in [0, 0.1) is 0 Å². The van der Waals surface area contributed by atoms with Crippen LogP contribution >= 0.6 is 0 Å². The molecule has 0 aromatic heterocycles. The van der Waals surface area contributed by atoms with Crippen LogP contribution in [-0.4, -0.2) is 45.1 Å². The molecule has 0 aliphatic carbocycles. The van der Waals surface area contributed by atoms with Crippen molar-refractivity contribution in [3.8, 4) is 11.5 Å². The molecule has 2 aromatic carbocycles. The Labute approximate surface area is 147 Å². The van der Waals surface area contributed by atoms with Crippen molar-refractivity contribution in [2.75, 3.05) is 21.3 Å². The van der Waals surface area contributed by atoms with Crippen LogP contribution < -0.4 is 9.47 Å². The van der Waals surface area contributed by atoms with Crippen LogP contribution in [0.25, 0.3) is 0 Å². The Bertz CT molecular complexity index is 859. The molecule has 6 nitrogen and oxygen atoms in total. The molecule has 1 heterocycles. The second-order valence-corrected chi connectivity index (χ2v) is 7.96. The second-order valence-electron chi connectivity index (χ2n) is 6.00. The highest BCUT2D eigenvalue weighted by Gasteiger charge is 2.41. The van der Waals surface area contributed by atoms with E-state index < -0.39 is 22.2 Å². The Morgan fingerprint density at radius 1 is 1.08 bits per heavy atom. The Kier molecular flexibility index (Phi) is 4.73. The summed E-state index contributed by atoms with van der Waals surface area (Å²) in [6, 6.07) is 11.3. The number of aliphatic hydroxyl groups is 1. The number of benzene rings is 2. The molecule has 7 heteroatoms. The number of nitrogens with zero attached hydrogens (tertiary/aromatic N) is 1. The average Bonchev–Trinajstić information content (AvgIpc) is 2.63. The summed E-state index contributed by atoms with van der Waals surface area (Å²) in [4.78, 5) is 0.157. The van der Waals surface area contributed by atoms with Gasteiger partial charge in [0, 0.05) is 18.7 Å². The van der Waals surface area contributed by atoms with Gasteiger partial charge < -0.3 is 14.6 Å². The van der Waals surface area contributed by atoms with Crippen LogP contribution in [0.2, 0.25) is 0 Å². The van der Waals surface area contributed by atoms with Gasteiger partial charge in [-0.1, -0.05) is 18.2 Å². The average molecular weight is 363 g/mol. The summed E-state index contributed by atoms with van der Waals surface area (Å²) < 4.78 is 37.3. The van der Waals surface area contributed by atoms with Crippen molar-refractivity contribution >= 4 is 10.0 Å². The van der Waals surface area contributed by atoms with E-state index in [0.717, 1.165) is 5.56 Å². The summed E-state index contributed by atoms with van der Waals surface area (Å²) >= 11 is 0. The third-order valence-electron chi connectivity index (χ3n) is 4.58. The Balaban J connectivity index is 2.01. The van der Waals surface area contributed by atoms with Gasteiger partial charge in [-0.3, -0.25) is 0 Å². The summed E-state index contributed by atoms with van der Waals surface area (Å²) in [7, 11) is 0.966. The predicted molar refractivity (Wildman–Crippen MR) is 93.4 cm³/mol. The first-order chi connectivity index (χ1) is 11.9. The topological polar surface area (TPSA) is 76.1 Å². The van der Waals surface area contributed by atoms with E-state index >= 15 is 0 Å². The fourth-order valence-corrected chi connectivity index (χ4v) is 4.76. The lowest BCUT2D eigenvalue weighted by Gasteiger charge is -2.37. The first-order valence-corrected chi connectivity index (χ1v) is 9.29. The molecular weight excluding hydrogens is 342 g/mol. The maximum absolute atomic E-state index is 12.8. The molecule has 1 aliphatic rings. The van der Waals surface area contributed by atoms with E-state index in [9.17, 15) is 13.5 Å². The van der Waals surface area contributed by atoms with Crippen molar-refractivity contribution in [3.05, 3.63) is 53.6 Å². The number of hydrogen-bond donors (Lipinski definition) is 1. The highest BCUT2D eigenvalue weighted by atomic mass is 32.2. The van der Waals surface area contributed by atoms with Crippen molar-refractivity contribution in [3.63, 3.8) is 0 Å². The van der Waals surface area contributed by atoms with Gasteiger partial charge in [0.1, 0.15) is 11.5 Å².